The van der Waals surface area contributed by atoms with Crippen molar-refractivity contribution in [1.29, 1.82) is 0 Å². The maximum absolute atomic E-state index is 13.1. The molecule has 2 N–H and O–H groups in total. The summed E-state index contributed by atoms with van der Waals surface area (Å²) in [5, 5.41) is 20.9. The third-order valence-corrected chi connectivity index (χ3v) is 10.4. The van der Waals surface area contributed by atoms with Gasteiger partial charge in [0, 0.05) is 6.04 Å². The molecule has 0 radical (unpaired) electrons. The number of allylic oxidation sites excluding steroid dienone is 3. The Morgan fingerprint density at radius 3 is 2.46 bits per heavy atom. The summed E-state index contributed by atoms with van der Waals surface area (Å²) in [6.45, 7) is 8.76. The van der Waals surface area contributed by atoms with Crippen LogP contribution in [-0.2, 0) is 0 Å². The van der Waals surface area contributed by atoms with Crippen LogP contribution >= 0.6 is 0 Å². The normalized spacial score (nSPS) is 34.1. The predicted molar refractivity (Wildman–Crippen MR) is 154 cm³/mol. The van der Waals surface area contributed by atoms with Gasteiger partial charge in [0.2, 0.25) is 0 Å². The summed E-state index contributed by atoms with van der Waals surface area (Å²) in [7, 11) is 0. The third kappa shape index (κ3) is 5.67. The van der Waals surface area contributed by atoms with Gasteiger partial charge in [-0.2, -0.15) is 0 Å². The van der Waals surface area contributed by atoms with Crippen molar-refractivity contribution in [3.63, 3.8) is 0 Å². The molecule has 5 rings (SSSR count). The molecule has 3 saturated carbocycles. The van der Waals surface area contributed by atoms with Crippen LogP contribution in [0.2, 0.25) is 0 Å². The Kier molecular flexibility index (Phi) is 7.96. The molecule has 6 atom stereocenters. The van der Waals surface area contributed by atoms with Gasteiger partial charge < -0.3 is 10.2 Å². The summed E-state index contributed by atoms with van der Waals surface area (Å²) < 4.78 is 0. The van der Waals surface area contributed by atoms with Gasteiger partial charge >= 0.3 is 0 Å². The number of aliphatic hydroxyl groups is 2. The average molecular weight is 534 g/mol. The molecule has 0 spiro atoms. The zero-order valence-corrected chi connectivity index (χ0v) is 24.3. The summed E-state index contributed by atoms with van der Waals surface area (Å²) in [5.41, 5.74) is 3.36. The Morgan fingerprint density at radius 2 is 1.79 bits per heavy atom. The molecule has 212 valence electrons. The SMILES string of the molecule is C[C@H](CCCC(C)(C)O)[C@H]1CC[C@H]2/C(=C/C=C3/C[C@@H](O)C[C@@H](N4C(=O)c5ccccc5C4=O)C3)CCC[C@]12C. The molecule has 0 unspecified atom stereocenters. The van der Waals surface area contributed by atoms with Crippen LogP contribution < -0.4 is 0 Å². The molecular formula is C34H47NO4. The molecule has 4 aliphatic rings. The number of amides is 2. The Morgan fingerprint density at radius 1 is 1.10 bits per heavy atom. The lowest BCUT2D eigenvalue weighted by atomic mass is 9.60. The monoisotopic (exact) mass is 533 g/mol. The van der Waals surface area contributed by atoms with Crippen molar-refractivity contribution in [3.05, 3.63) is 58.7 Å². The van der Waals surface area contributed by atoms with Gasteiger partial charge in [-0.05, 0) is 107 Å². The van der Waals surface area contributed by atoms with Gasteiger partial charge in [0.1, 0.15) is 0 Å². The number of benzene rings is 1. The second kappa shape index (κ2) is 11.0. The first-order valence-corrected chi connectivity index (χ1v) is 15.2. The first-order chi connectivity index (χ1) is 18.5. The van der Waals surface area contributed by atoms with Gasteiger partial charge in [-0.15, -0.1) is 0 Å². The van der Waals surface area contributed by atoms with E-state index in [1.165, 1.54) is 37.0 Å². The van der Waals surface area contributed by atoms with Crippen molar-refractivity contribution < 1.29 is 19.8 Å². The van der Waals surface area contributed by atoms with Crippen molar-refractivity contribution in [2.45, 2.75) is 116 Å². The molecular weight excluding hydrogens is 486 g/mol. The summed E-state index contributed by atoms with van der Waals surface area (Å²) in [5.74, 6) is 1.52. The van der Waals surface area contributed by atoms with Crippen LogP contribution in [0, 0.1) is 23.2 Å². The van der Waals surface area contributed by atoms with Crippen LogP contribution in [0.25, 0.3) is 0 Å². The molecule has 1 aromatic carbocycles. The van der Waals surface area contributed by atoms with Gasteiger partial charge in [-0.3, -0.25) is 14.5 Å². The molecule has 0 bridgehead atoms. The smallest absolute Gasteiger partial charge is 0.261 e. The van der Waals surface area contributed by atoms with Gasteiger partial charge in [0.05, 0.1) is 22.8 Å². The first kappa shape index (κ1) is 28.3. The van der Waals surface area contributed by atoms with Crippen LogP contribution in [0.5, 0.6) is 0 Å². The fourth-order valence-electron chi connectivity index (χ4n) is 8.54. The number of carbonyl (C=O) groups is 2. The fourth-order valence-corrected chi connectivity index (χ4v) is 8.54. The molecule has 39 heavy (non-hydrogen) atoms. The minimum absolute atomic E-state index is 0.232. The molecule has 1 aliphatic heterocycles. The summed E-state index contributed by atoms with van der Waals surface area (Å²) >= 11 is 0. The second-order valence-corrected chi connectivity index (χ2v) is 13.8. The number of aliphatic hydroxyl groups excluding tert-OH is 1. The van der Waals surface area contributed by atoms with Gasteiger partial charge in [0.15, 0.2) is 0 Å². The minimum atomic E-state index is -0.582. The highest BCUT2D eigenvalue weighted by Crippen LogP contribution is 2.60. The van der Waals surface area contributed by atoms with E-state index in [0.29, 0.717) is 47.6 Å². The highest BCUT2D eigenvalue weighted by Gasteiger charge is 2.50. The van der Waals surface area contributed by atoms with E-state index in [1.807, 2.05) is 13.8 Å². The predicted octanol–water partition coefficient (Wildman–Crippen LogP) is 6.84. The second-order valence-electron chi connectivity index (χ2n) is 13.8. The van der Waals surface area contributed by atoms with Crippen LogP contribution in [0.4, 0.5) is 0 Å². The van der Waals surface area contributed by atoms with E-state index in [9.17, 15) is 19.8 Å². The molecule has 5 nitrogen and oxygen atoms in total. The average Bonchev–Trinajstić information content (AvgIpc) is 3.35. The van der Waals surface area contributed by atoms with Gasteiger partial charge in [-0.25, -0.2) is 0 Å². The number of carbonyl (C=O) groups excluding carboxylic acids is 2. The maximum Gasteiger partial charge on any atom is 0.261 e. The fraction of sp³-hybridized carbons (Fsp3) is 0.647. The molecule has 3 fully saturated rings. The summed E-state index contributed by atoms with van der Waals surface area (Å²) in [4.78, 5) is 27.5. The summed E-state index contributed by atoms with van der Waals surface area (Å²) in [6.07, 6.45) is 14.9. The number of hydrogen-bond donors (Lipinski definition) is 2. The van der Waals surface area contributed by atoms with E-state index in [-0.39, 0.29) is 17.9 Å². The molecule has 5 heteroatoms. The maximum atomic E-state index is 13.1. The molecule has 1 heterocycles. The van der Waals surface area contributed by atoms with Gasteiger partial charge in [-0.1, -0.05) is 62.1 Å². The number of fused-ring (bicyclic) bond motifs is 2. The van der Waals surface area contributed by atoms with E-state index in [0.717, 1.165) is 30.8 Å². The number of rotatable bonds is 7. The zero-order valence-electron chi connectivity index (χ0n) is 24.3. The first-order valence-electron chi connectivity index (χ1n) is 15.2. The van der Waals surface area contributed by atoms with Crippen molar-refractivity contribution >= 4 is 11.8 Å². The van der Waals surface area contributed by atoms with E-state index in [2.05, 4.69) is 26.0 Å². The third-order valence-electron chi connectivity index (χ3n) is 10.4. The highest BCUT2D eigenvalue weighted by molar-refractivity contribution is 6.21. The standard InChI is InChI=1S/C34H47NO4/c1-22(9-7-17-33(2,3)39)29-15-16-30-24(10-8-18-34(29,30)4)14-13-23-19-25(21-26(36)20-23)35-31(37)27-11-5-6-12-28(27)32(35)38/h5-6,11-14,22,25-26,29-30,36,39H,7-10,15-21H2,1-4H3/b23-13+,24-14+/t22-,25+,26-,29-,30+,34-/m1/s1. The van der Waals surface area contributed by atoms with E-state index < -0.39 is 11.7 Å². The highest BCUT2D eigenvalue weighted by atomic mass is 16.3. The van der Waals surface area contributed by atoms with E-state index in [4.69, 9.17) is 0 Å². The lowest BCUT2D eigenvalue weighted by Crippen LogP contribution is -2.44. The largest absolute Gasteiger partial charge is 0.393 e. The van der Waals surface area contributed by atoms with Crippen molar-refractivity contribution in [2.75, 3.05) is 0 Å². The zero-order chi connectivity index (χ0) is 27.9. The minimum Gasteiger partial charge on any atom is -0.393 e. The Hall–Kier alpha value is -2.24. The van der Waals surface area contributed by atoms with Crippen LogP contribution in [0.15, 0.2) is 47.6 Å². The quantitative estimate of drug-likeness (QED) is 0.376. The Labute approximate surface area is 234 Å². The summed E-state index contributed by atoms with van der Waals surface area (Å²) in [6, 6.07) is 6.73. The molecule has 2 amide bonds. The van der Waals surface area contributed by atoms with E-state index >= 15 is 0 Å². The number of nitrogens with zero attached hydrogens (tertiary/aromatic N) is 1. The van der Waals surface area contributed by atoms with Crippen molar-refractivity contribution in [3.8, 4) is 0 Å². The van der Waals surface area contributed by atoms with Crippen molar-refractivity contribution in [1.82, 2.24) is 4.90 Å². The molecule has 0 aromatic heterocycles. The molecule has 3 aliphatic carbocycles. The molecule has 1 aromatic rings. The van der Waals surface area contributed by atoms with Crippen LogP contribution in [-0.4, -0.2) is 44.7 Å². The lowest BCUT2D eigenvalue weighted by molar-refractivity contribution is 0.0472. The number of imide groups is 1. The molecule has 0 saturated heterocycles. The van der Waals surface area contributed by atoms with Gasteiger partial charge in [0.25, 0.3) is 11.8 Å². The van der Waals surface area contributed by atoms with Crippen molar-refractivity contribution in [2.24, 2.45) is 23.2 Å². The Balaban J connectivity index is 1.28. The lowest BCUT2D eigenvalue weighted by Gasteiger charge is -2.44. The Bertz CT molecular complexity index is 1120. The van der Waals surface area contributed by atoms with E-state index in [1.54, 1.807) is 29.8 Å². The topological polar surface area (TPSA) is 77.8 Å². The van der Waals surface area contributed by atoms with Crippen LogP contribution in [0.1, 0.15) is 119 Å². The van der Waals surface area contributed by atoms with Crippen LogP contribution in [0.3, 0.4) is 0 Å². The number of hydrogen-bond acceptors (Lipinski definition) is 4.